The van der Waals surface area contributed by atoms with E-state index in [2.05, 4.69) is 153 Å². The van der Waals surface area contributed by atoms with E-state index in [9.17, 15) is 0 Å². The van der Waals surface area contributed by atoms with Crippen LogP contribution in [0.3, 0.4) is 0 Å². The molecule has 12 aromatic rings. The Hall–Kier alpha value is -7.96. The fraction of sp³-hybridized carbons (Fsp3) is 0. The van der Waals surface area contributed by atoms with Crippen molar-refractivity contribution in [1.82, 2.24) is 23.9 Å². The number of nitrogens with zero attached hydrogens (tertiary/aromatic N) is 6. The van der Waals surface area contributed by atoms with Crippen molar-refractivity contribution in [2.75, 3.05) is 0 Å². The first-order chi connectivity index (χ1) is 28.8. The van der Waals surface area contributed by atoms with Gasteiger partial charge in [0, 0.05) is 33.2 Å². The molecule has 4 heterocycles. The van der Waals surface area contributed by atoms with Crippen molar-refractivity contribution < 1.29 is 4.57 Å². The van der Waals surface area contributed by atoms with E-state index in [-0.39, 0.29) is 0 Å². The third-order valence-corrected chi connectivity index (χ3v) is 11.3. The molecule has 270 valence electrons. The zero-order valence-electron chi connectivity index (χ0n) is 31.2. The second kappa shape index (κ2) is 12.8. The molecule has 0 amide bonds. The Labute approximate surface area is 333 Å². The Bertz CT molecular complexity index is 3420. The standard InChI is InChI=1S/C52H33N6/c1-5-17-34(18-6-1)49-53-50(35-19-7-2-8-20-35)55-51(54-49)37-23-15-26-39(33-37)56-43-30-16-28-41-40-27-13-14-29-42(40)58-48-45(32-31-44(56)47(48)46(41)43)57(38-24-11-4-12-25-38)52(58)36-21-9-3-10-22-36/h1-33H/q+1. The van der Waals surface area contributed by atoms with Crippen molar-refractivity contribution >= 4 is 49.1 Å². The first kappa shape index (κ1) is 32.3. The van der Waals surface area contributed by atoms with Crippen LogP contribution in [-0.2, 0) is 0 Å². The molecule has 0 aliphatic heterocycles. The van der Waals surface area contributed by atoms with Gasteiger partial charge in [0.05, 0.1) is 22.0 Å². The van der Waals surface area contributed by atoms with E-state index in [1.165, 1.54) is 27.1 Å². The highest BCUT2D eigenvalue weighted by Gasteiger charge is 2.32. The van der Waals surface area contributed by atoms with Crippen LogP contribution in [0.25, 0.3) is 106 Å². The van der Waals surface area contributed by atoms with Crippen LogP contribution in [0.2, 0.25) is 0 Å². The average Bonchev–Trinajstić information content (AvgIpc) is 3.79. The first-order valence-corrected chi connectivity index (χ1v) is 19.6. The molecule has 0 fully saturated rings. The molecule has 6 nitrogen and oxygen atoms in total. The van der Waals surface area contributed by atoms with Gasteiger partial charge in [-0.25, -0.2) is 15.0 Å². The molecular weight excluding hydrogens is 709 g/mol. The molecule has 12 rings (SSSR count). The summed E-state index contributed by atoms with van der Waals surface area (Å²) in [6.45, 7) is 0. The van der Waals surface area contributed by atoms with Crippen LogP contribution < -0.4 is 4.57 Å². The lowest BCUT2D eigenvalue weighted by atomic mass is 10.1. The van der Waals surface area contributed by atoms with E-state index in [4.69, 9.17) is 15.0 Å². The molecule has 58 heavy (non-hydrogen) atoms. The third-order valence-electron chi connectivity index (χ3n) is 11.3. The Balaban J connectivity index is 1.18. The molecule has 8 aromatic carbocycles. The molecule has 0 spiro atoms. The van der Waals surface area contributed by atoms with Gasteiger partial charge >= 0.3 is 0 Å². The number of benzene rings is 8. The third kappa shape index (κ3) is 4.85. The van der Waals surface area contributed by atoms with Crippen LogP contribution >= 0.6 is 0 Å². The van der Waals surface area contributed by atoms with Crippen molar-refractivity contribution in [1.29, 1.82) is 0 Å². The lowest BCUT2D eigenvalue weighted by Gasteiger charge is -2.11. The SMILES string of the molecule is c1ccc(-c2nc(-c3ccccc3)nc(-c3cccc(-n4c5cccc6c7ccccc7n7c(-c8ccccc8)[n+](-c8ccccc8)c8ccc4c(c65)c87)c3)n2)cc1. The minimum absolute atomic E-state index is 0.624. The van der Waals surface area contributed by atoms with Crippen molar-refractivity contribution in [3.05, 3.63) is 200 Å². The van der Waals surface area contributed by atoms with Gasteiger partial charge in [-0.2, -0.15) is 8.97 Å². The maximum atomic E-state index is 5.08. The molecule has 0 N–H and O–H groups in total. The predicted octanol–water partition coefficient (Wildman–Crippen LogP) is 11.9. The molecule has 0 saturated carbocycles. The summed E-state index contributed by atoms with van der Waals surface area (Å²) in [6.07, 6.45) is 0. The van der Waals surface area contributed by atoms with Gasteiger partial charge in [0.1, 0.15) is 11.2 Å². The number of hydrogen-bond acceptors (Lipinski definition) is 3. The second-order valence-electron chi connectivity index (χ2n) is 14.7. The summed E-state index contributed by atoms with van der Waals surface area (Å²) in [4.78, 5) is 15.1. The molecular formula is C52H33N6+. The van der Waals surface area contributed by atoms with Gasteiger partial charge in [-0.05, 0) is 66.0 Å². The number of rotatable bonds is 6. The minimum Gasteiger partial charge on any atom is -0.309 e. The summed E-state index contributed by atoms with van der Waals surface area (Å²) in [7, 11) is 0. The number of fused-ring (bicyclic) bond motifs is 3. The Morgan fingerprint density at radius 1 is 0.379 bits per heavy atom. The first-order valence-electron chi connectivity index (χ1n) is 19.6. The lowest BCUT2D eigenvalue weighted by Crippen LogP contribution is -2.32. The molecule has 0 unspecified atom stereocenters. The summed E-state index contributed by atoms with van der Waals surface area (Å²) >= 11 is 0. The van der Waals surface area contributed by atoms with Crippen molar-refractivity contribution in [3.63, 3.8) is 0 Å². The fourth-order valence-electron chi connectivity index (χ4n) is 8.89. The summed E-state index contributed by atoms with van der Waals surface area (Å²) in [5.41, 5.74) is 11.8. The van der Waals surface area contributed by atoms with Gasteiger partial charge in [-0.1, -0.05) is 140 Å². The van der Waals surface area contributed by atoms with Gasteiger partial charge in [0.25, 0.3) is 5.82 Å². The molecule has 0 saturated heterocycles. The van der Waals surface area contributed by atoms with Crippen LogP contribution in [-0.4, -0.2) is 23.9 Å². The van der Waals surface area contributed by atoms with Gasteiger partial charge in [0.15, 0.2) is 28.5 Å². The molecule has 0 bridgehead atoms. The number of hydrogen-bond donors (Lipinski definition) is 0. The second-order valence-corrected chi connectivity index (χ2v) is 14.7. The summed E-state index contributed by atoms with van der Waals surface area (Å²) in [6, 6.07) is 70.5. The lowest BCUT2D eigenvalue weighted by molar-refractivity contribution is -0.555. The zero-order valence-corrected chi connectivity index (χ0v) is 31.2. The summed E-state index contributed by atoms with van der Waals surface area (Å²) in [5.74, 6) is 3.01. The van der Waals surface area contributed by atoms with Crippen LogP contribution in [0.4, 0.5) is 0 Å². The van der Waals surface area contributed by atoms with Crippen LogP contribution in [0, 0.1) is 0 Å². The normalized spacial score (nSPS) is 11.8. The smallest absolute Gasteiger partial charge is 0.300 e. The maximum absolute atomic E-state index is 5.08. The summed E-state index contributed by atoms with van der Waals surface area (Å²) < 4.78 is 7.33. The highest BCUT2D eigenvalue weighted by molar-refractivity contribution is 6.29. The summed E-state index contributed by atoms with van der Waals surface area (Å²) in [5, 5.41) is 4.86. The Morgan fingerprint density at radius 2 is 0.897 bits per heavy atom. The molecule has 0 radical (unpaired) electrons. The number of aromatic nitrogens is 6. The van der Waals surface area contributed by atoms with E-state index in [0.717, 1.165) is 61.5 Å². The van der Waals surface area contributed by atoms with Crippen LogP contribution in [0.1, 0.15) is 0 Å². The minimum atomic E-state index is 0.624. The topological polar surface area (TPSA) is 51.9 Å². The van der Waals surface area contributed by atoms with E-state index < -0.39 is 0 Å². The molecule has 0 aliphatic carbocycles. The zero-order chi connectivity index (χ0) is 38.2. The van der Waals surface area contributed by atoms with Gasteiger partial charge < -0.3 is 4.57 Å². The van der Waals surface area contributed by atoms with Gasteiger partial charge in [0.2, 0.25) is 0 Å². The molecule has 4 aromatic heterocycles. The highest BCUT2D eigenvalue weighted by Crippen LogP contribution is 2.44. The van der Waals surface area contributed by atoms with Crippen LogP contribution in [0.15, 0.2) is 200 Å². The number of para-hydroxylation sites is 2. The van der Waals surface area contributed by atoms with Crippen molar-refractivity contribution in [2.45, 2.75) is 0 Å². The number of imidazole rings is 1. The van der Waals surface area contributed by atoms with E-state index in [0.29, 0.717) is 17.5 Å². The van der Waals surface area contributed by atoms with Gasteiger partial charge in [-0.15, -0.1) is 0 Å². The van der Waals surface area contributed by atoms with Crippen LogP contribution in [0.5, 0.6) is 0 Å². The highest BCUT2D eigenvalue weighted by atomic mass is 15.1. The monoisotopic (exact) mass is 741 g/mol. The molecule has 0 aliphatic rings. The average molecular weight is 742 g/mol. The van der Waals surface area contributed by atoms with Gasteiger partial charge in [-0.3, -0.25) is 0 Å². The Morgan fingerprint density at radius 3 is 1.59 bits per heavy atom. The predicted molar refractivity (Wildman–Crippen MR) is 235 cm³/mol. The van der Waals surface area contributed by atoms with E-state index in [1.807, 2.05) is 60.7 Å². The fourth-order valence-corrected chi connectivity index (χ4v) is 8.89. The largest absolute Gasteiger partial charge is 0.309 e. The molecule has 0 atom stereocenters. The van der Waals surface area contributed by atoms with Crippen molar-refractivity contribution in [2.24, 2.45) is 0 Å². The van der Waals surface area contributed by atoms with E-state index >= 15 is 0 Å². The Kier molecular flexibility index (Phi) is 7.13. The molecule has 6 heteroatoms. The maximum Gasteiger partial charge on any atom is 0.300 e. The van der Waals surface area contributed by atoms with E-state index in [1.54, 1.807) is 0 Å². The van der Waals surface area contributed by atoms with Crippen molar-refractivity contribution in [3.8, 4) is 56.9 Å². The quantitative estimate of drug-likeness (QED) is 0.159.